The summed E-state index contributed by atoms with van der Waals surface area (Å²) in [4.78, 5) is 30.0. The number of hydrogen-bond acceptors (Lipinski definition) is 6. The average molecular weight is 513 g/mol. The molecule has 1 amide bonds. The smallest absolute Gasteiger partial charge is 0.337 e. The predicted octanol–water partition coefficient (Wildman–Crippen LogP) is 5.26. The standard InChI is InChI=1S/C28H24N4O4S/c1-17(33)30-20-9-11-21(12-10-20)32-26(25(31-28(32)37)22-8-3-4-15-29-22)24-14-13-23(36-24)18-6-5-7-19(16-18)27(34)35-2/h3-16,25-26H,1-2H3,(H,30,33)(H,31,37)/t25-,26-/m1/s1. The van der Waals surface area contributed by atoms with Gasteiger partial charge in [0.05, 0.1) is 24.4 Å². The number of methoxy groups -OCH3 is 1. The van der Waals surface area contributed by atoms with Crippen LogP contribution in [0.2, 0.25) is 0 Å². The molecule has 1 aliphatic heterocycles. The quantitative estimate of drug-likeness (QED) is 0.267. The van der Waals surface area contributed by atoms with Gasteiger partial charge in [-0.15, -0.1) is 0 Å². The number of esters is 1. The van der Waals surface area contributed by atoms with E-state index in [9.17, 15) is 9.59 Å². The number of carbonyl (C=O) groups excluding carboxylic acids is 2. The van der Waals surface area contributed by atoms with E-state index in [0.29, 0.717) is 27.9 Å². The van der Waals surface area contributed by atoms with Crippen molar-refractivity contribution in [1.29, 1.82) is 0 Å². The summed E-state index contributed by atoms with van der Waals surface area (Å²) >= 11 is 5.76. The van der Waals surface area contributed by atoms with Gasteiger partial charge in [0.25, 0.3) is 0 Å². The van der Waals surface area contributed by atoms with Crippen molar-refractivity contribution >= 4 is 40.6 Å². The lowest BCUT2D eigenvalue weighted by Crippen LogP contribution is -2.29. The molecule has 3 heterocycles. The second-order valence-electron chi connectivity index (χ2n) is 8.50. The van der Waals surface area contributed by atoms with Gasteiger partial charge in [0, 0.05) is 30.1 Å². The van der Waals surface area contributed by atoms with Gasteiger partial charge in [-0.3, -0.25) is 9.78 Å². The van der Waals surface area contributed by atoms with E-state index in [1.54, 1.807) is 24.4 Å². The zero-order valence-electron chi connectivity index (χ0n) is 20.2. The number of nitrogens with one attached hydrogen (secondary N) is 2. The highest BCUT2D eigenvalue weighted by Gasteiger charge is 2.42. The number of carbonyl (C=O) groups is 2. The number of aromatic nitrogens is 1. The van der Waals surface area contributed by atoms with Gasteiger partial charge in [-0.25, -0.2) is 4.79 Å². The van der Waals surface area contributed by atoms with Crippen molar-refractivity contribution in [3.8, 4) is 11.3 Å². The number of anilines is 2. The molecule has 5 rings (SSSR count). The first-order chi connectivity index (χ1) is 17.9. The molecule has 0 bridgehead atoms. The van der Waals surface area contributed by atoms with E-state index in [1.807, 2.05) is 65.6 Å². The first-order valence-electron chi connectivity index (χ1n) is 11.6. The Morgan fingerprint density at radius 3 is 2.57 bits per heavy atom. The summed E-state index contributed by atoms with van der Waals surface area (Å²) in [6, 6.07) is 23.5. The fourth-order valence-corrected chi connectivity index (χ4v) is 4.76. The largest absolute Gasteiger partial charge is 0.465 e. The first-order valence-corrected chi connectivity index (χ1v) is 12.0. The number of pyridine rings is 1. The van der Waals surface area contributed by atoms with Crippen LogP contribution in [0.1, 0.15) is 40.8 Å². The van der Waals surface area contributed by atoms with Crippen LogP contribution in [0, 0.1) is 0 Å². The number of rotatable bonds is 6. The summed E-state index contributed by atoms with van der Waals surface area (Å²) in [5.74, 6) is 0.730. The highest BCUT2D eigenvalue weighted by atomic mass is 32.1. The highest BCUT2D eigenvalue weighted by Crippen LogP contribution is 2.43. The van der Waals surface area contributed by atoms with Gasteiger partial charge in [0.15, 0.2) is 5.11 Å². The molecule has 186 valence electrons. The molecular formula is C28H24N4O4S. The van der Waals surface area contributed by atoms with Crippen molar-refractivity contribution in [2.45, 2.75) is 19.0 Å². The molecule has 2 aromatic heterocycles. The third-order valence-electron chi connectivity index (χ3n) is 6.05. The minimum atomic E-state index is -0.414. The summed E-state index contributed by atoms with van der Waals surface area (Å²) in [6.07, 6.45) is 1.74. The Hall–Kier alpha value is -4.50. The van der Waals surface area contributed by atoms with E-state index in [4.69, 9.17) is 21.4 Å². The van der Waals surface area contributed by atoms with Crippen molar-refractivity contribution in [3.05, 3.63) is 102 Å². The maximum atomic E-state index is 12.0. The molecule has 37 heavy (non-hydrogen) atoms. The summed E-state index contributed by atoms with van der Waals surface area (Å²) in [5, 5.41) is 6.71. The zero-order chi connectivity index (χ0) is 25.9. The van der Waals surface area contributed by atoms with Crippen molar-refractivity contribution in [2.24, 2.45) is 0 Å². The van der Waals surface area contributed by atoms with Gasteiger partial charge in [-0.1, -0.05) is 18.2 Å². The molecule has 0 radical (unpaired) electrons. The molecule has 2 N–H and O–H groups in total. The Labute approximate surface area is 219 Å². The second-order valence-corrected chi connectivity index (χ2v) is 8.89. The third kappa shape index (κ3) is 4.94. The van der Waals surface area contributed by atoms with Gasteiger partial charge in [-0.05, 0) is 72.9 Å². The van der Waals surface area contributed by atoms with Crippen molar-refractivity contribution < 1.29 is 18.7 Å². The van der Waals surface area contributed by atoms with Crippen LogP contribution in [0.25, 0.3) is 11.3 Å². The molecule has 8 nitrogen and oxygen atoms in total. The minimum Gasteiger partial charge on any atom is -0.465 e. The molecule has 0 aliphatic carbocycles. The minimum absolute atomic E-state index is 0.140. The molecule has 9 heteroatoms. The molecular weight excluding hydrogens is 488 g/mol. The van der Waals surface area contributed by atoms with E-state index in [-0.39, 0.29) is 18.0 Å². The van der Waals surface area contributed by atoms with E-state index in [2.05, 4.69) is 15.6 Å². The highest BCUT2D eigenvalue weighted by molar-refractivity contribution is 7.80. The molecule has 2 atom stereocenters. The van der Waals surface area contributed by atoms with Crippen LogP contribution in [0.3, 0.4) is 0 Å². The number of hydrogen-bond donors (Lipinski definition) is 2. The van der Waals surface area contributed by atoms with Crippen LogP contribution >= 0.6 is 12.2 Å². The second kappa shape index (κ2) is 10.2. The molecule has 1 aliphatic rings. The Morgan fingerprint density at radius 2 is 1.86 bits per heavy atom. The van der Waals surface area contributed by atoms with E-state index < -0.39 is 5.97 Å². The van der Waals surface area contributed by atoms with Crippen LogP contribution in [0.5, 0.6) is 0 Å². The average Bonchev–Trinajstić information content (AvgIpc) is 3.54. The lowest BCUT2D eigenvalue weighted by molar-refractivity contribution is -0.114. The topological polar surface area (TPSA) is 96.7 Å². The van der Waals surface area contributed by atoms with E-state index in [1.165, 1.54) is 14.0 Å². The molecule has 2 aromatic carbocycles. The molecule has 0 spiro atoms. The number of benzene rings is 2. The van der Waals surface area contributed by atoms with Crippen molar-refractivity contribution in [1.82, 2.24) is 10.3 Å². The number of nitrogens with zero attached hydrogens (tertiary/aromatic N) is 2. The van der Waals surface area contributed by atoms with E-state index >= 15 is 0 Å². The van der Waals surface area contributed by atoms with Crippen LogP contribution in [0.4, 0.5) is 11.4 Å². The van der Waals surface area contributed by atoms with E-state index in [0.717, 1.165) is 16.9 Å². The van der Waals surface area contributed by atoms with Crippen molar-refractivity contribution in [2.75, 3.05) is 17.3 Å². The summed E-state index contributed by atoms with van der Waals surface area (Å²) in [7, 11) is 1.35. The molecule has 4 aromatic rings. The lowest BCUT2D eigenvalue weighted by atomic mass is 10.0. The van der Waals surface area contributed by atoms with Crippen molar-refractivity contribution in [3.63, 3.8) is 0 Å². The third-order valence-corrected chi connectivity index (χ3v) is 6.36. The molecule has 0 unspecified atom stereocenters. The van der Waals surface area contributed by atoms with Gasteiger partial charge in [0.1, 0.15) is 17.6 Å². The summed E-state index contributed by atoms with van der Waals surface area (Å²) < 4.78 is 11.2. The molecule has 1 fully saturated rings. The Morgan fingerprint density at radius 1 is 1.05 bits per heavy atom. The van der Waals surface area contributed by atoms with Gasteiger partial charge < -0.3 is 24.7 Å². The van der Waals surface area contributed by atoms with Crippen LogP contribution in [-0.4, -0.2) is 29.1 Å². The lowest BCUT2D eigenvalue weighted by Gasteiger charge is -2.26. The Bertz CT molecular complexity index is 1450. The van der Waals surface area contributed by atoms with Crippen LogP contribution in [0.15, 0.2) is 89.5 Å². The monoisotopic (exact) mass is 512 g/mol. The zero-order valence-corrected chi connectivity index (χ0v) is 21.0. The molecule has 1 saturated heterocycles. The number of thiocarbonyl (C=S) groups is 1. The number of ether oxygens (including phenoxy) is 1. The summed E-state index contributed by atoms with van der Waals surface area (Å²) in [6.45, 7) is 1.47. The predicted molar refractivity (Wildman–Crippen MR) is 144 cm³/mol. The number of amides is 1. The number of furan rings is 1. The van der Waals surface area contributed by atoms with Gasteiger partial charge in [-0.2, -0.15) is 0 Å². The van der Waals surface area contributed by atoms with Gasteiger partial charge >= 0.3 is 5.97 Å². The van der Waals surface area contributed by atoms with Gasteiger partial charge in [0.2, 0.25) is 5.91 Å². The first kappa shape index (κ1) is 24.2. The SMILES string of the molecule is COC(=O)c1cccc(-c2ccc([C@@H]3[C@@H](c4ccccn4)NC(=S)N3c3ccc(NC(C)=O)cc3)o2)c1. The Balaban J connectivity index is 1.54. The van der Waals surface area contributed by atoms with Crippen LogP contribution in [-0.2, 0) is 9.53 Å². The normalized spacial score (nSPS) is 16.8. The maximum Gasteiger partial charge on any atom is 0.337 e. The fourth-order valence-electron chi connectivity index (χ4n) is 4.41. The fraction of sp³-hybridized carbons (Fsp3) is 0.143. The Kier molecular flexibility index (Phi) is 6.70. The maximum absolute atomic E-state index is 12.0. The summed E-state index contributed by atoms with van der Waals surface area (Å²) in [5.41, 5.74) is 3.54. The molecule has 0 saturated carbocycles. The van der Waals surface area contributed by atoms with Crippen LogP contribution < -0.4 is 15.5 Å².